The summed E-state index contributed by atoms with van der Waals surface area (Å²) < 4.78 is 4.50. The van der Waals surface area contributed by atoms with Crippen LogP contribution in [0.2, 0.25) is 0 Å². The van der Waals surface area contributed by atoms with Crippen molar-refractivity contribution in [3.63, 3.8) is 0 Å². The number of methoxy groups -OCH3 is 1. The predicted molar refractivity (Wildman–Crippen MR) is 60.4 cm³/mol. The van der Waals surface area contributed by atoms with Crippen LogP contribution in [-0.2, 0) is 14.3 Å². The third-order valence-electron chi connectivity index (χ3n) is 2.41. The maximum atomic E-state index is 11.2. The smallest absolute Gasteiger partial charge is 0.337 e. The second-order valence-corrected chi connectivity index (χ2v) is 3.60. The number of ether oxygens (including phenoxy) is 1. The van der Waals surface area contributed by atoms with Crippen molar-refractivity contribution in [1.29, 1.82) is 0 Å². The average molecular weight is 252 g/mol. The molecule has 0 fully saturated rings. The summed E-state index contributed by atoms with van der Waals surface area (Å²) in [4.78, 5) is 32.7. The molecule has 1 atom stereocenters. The molecule has 6 heteroatoms. The van der Waals surface area contributed by atoms with E-state index >= 15 is 0 Å². The zero-order valence-electron chi connectivity index (χ0n) is 9.62. The summed E-state index contributed by atoms with van der Waals surface area (Å²) >= 11 is 0. The van der Waals surface area contributed by atoms with Gasteiger partial charge in [0.2, 0.25) is 0 Å². The maximum Gasteiger partial charge on any atom is 0.337 e. The minimum absolute atomic E-state index is 0.278. The largest absolute Gasteiger partial charge is 0.481 e. The number of esters is 1. The molecule has 0 heterocycles. The molecule has 96 valence electrons. The molecule has 1 unspecified atom stereocenters. The predicted octanol–water partition coefficient (Wildman–Crippen LogP) is 1.12. The normalized spacial score (nSPS) is 11.6. The van der Waals surface area contributed by atoms with Crippen molar-refractivity contribution in [2.75, 3.05) is 7.11 Å². The summed E-state index contributed by atoms with van der Waals surface area (Å²) in [6, 6.07) is 5.62. The molecule has 0 aliphatic heterocycles. The van der Waals surface area contributed by atoms with Crippen LogP contribution in [-0.4, -0.2) is 35.2 Å². The lowest BCUT2D eigenvalue weighted by atomic mass is 9.95. The highest BCUT2D eigenvalue weighted by Crippen LogP contribution is 2.20. The number of carbonyl (C=O) groups excluding carboxylic acids is 1. The molecule has 18 heavy (non-hydrogen) atoms. The second kappa shape index (κ2) is 5.81. The van der Waals surface area contributed by atoms with Crippen LogP contribution in [0.5, 0.6) is 0 Å². The van der Waals surface area contributed by atoms with E-state index in [0.717, 1.165) is 0 Å². The van der Waals surface area contributed by atoms with Crippen LogP contribution in [0.4, 0.5) is 0 Å². The first-order chi connectivity index (χ1) is 8.45. The Balaban J connectivity index is 2.97. The van der Waals surface area contributed by atoms with Crippen LogP contribution in [0.1, 0.15) is 28.3 Å². The van der Waals surface area contributed by atoms with Crippen LogP contribution in [0.25, 0.3) is 0 Å². The molecule has 6 nitrogen and oxygen atoms in total. The van der Waals surface area contributed by atoms with Crippen molar-refractivity contribution in [2.24, 2.45) is 0 Å². The van der Waals surface area contributed by atoms with Gasteiger partial charge in [-0.15, -0.1) is 0 Å². The molecule has 0 aliphatic rings. The number of carbonyl (C=O) groups is 3. The van der Waals surface area contributed by atoms with Gasteiger partial charge in [-0.25, -0.2) is 4.79 Å². The molecule has 1 aromatic rings. The van der Waals surface area contributed by atoms with Gasteiger partial charge in [0.15, 0.2) is 0 Å². The van der Waals surface area contributed by atoms with Crippen molar-refractivity contribution < 1.29 is 29.3 Å². The lowest BCUT2D eigenvalue weighted by Crippen LogP contribution is -2.16. The Morgan fingerprint density at radius 1 is 1.17 bits per heavy atom. The molecule has 0 saturated heterocycles. The Hall–Kier alpha value is -2.37. The molecule has 0 aliphatic carbocycles. The van der Waals surface area contributed by atoms with Crippen molar-refractivity contribution >= 4 is 17.9 Å². The summed E-state index contributed by atoms with van der Waals surface area (Å²) in [6.45, 7) is 0. The Bertz CT molecular complexity index is 462. The van der Waals surface area contributed by atoms with Gasteiger partial charge in [0.1, 0.15) is 0 Å². The quantitative estimate of drug-likeness (QED) is 0.761. The number of hydrogen-bond donors (Lipinski definition) is 2. The van der Waals surface area contributed by atoms with Crippen molar-refractivity contribution in [2.45, 2.75) is 12.3 Å². The van der Waals surface area contributed by atoms with E-state index in [1.54, 1.807) is 0 Å². The van der Waals surface area contributed by atoms with E-state index in [2.05, 4.69) is 4.74 Å². The Labute approximate surface area is 103 Å². The first-order valence-corrected chi connectivity index (χ1v) is 5.08. The third-order valence-corrected chi connectivity index (χ3v) is 2.41. The number of carboxylic acids is 2. The number of aliphatic carboxylic acids is 2. The first kappa shape index (κ1) is 13.7. The second-order valence-electron chi connectivity index (χ2n) is 3.60. The van der Waals surface area contributed by atoms with Crippen LogP contribution in [0.3, 0.4) is 0 Å². The molecule has 0 spiro atoms. The standard InChI is InChI=1S/C12H12O6/c1-18-12(17)8-4-2-7(3-5-8)9(11(15)16)6-10(13)14/h2-5,9H,6H2,1H3,(H,13,14)(H,15,16). The Morgan fingerprint density at radius 2 is 1.72 bits per heavy atom. The minimum atomic E-state index is -1.22. The van der Waals surface area contributed by atoms with E-state index in [0.29, 0.717) is 5.56 Å². The highest BCUT2D eigenvalue weighted by molar-refractivity contribution is 5.89. The molecule has 0 aromatic heterocycles. The summed E-state index contributed by atoms with van der Waals surface area (Å²) in [5, 5.41) is 17.6. The monoisotopic (exact) mass is 252 g/mol. The average Bonchev–Trinajstić information content (AvgIpc) is 2.34. The SMILES string of the molecule is COC(=O)c1ccc(C(CC(=O)O)C(=O)O)cc1. The zero-order chi connectivity index (χ0) is 13.7. The summed E-state index contributed by atoms with van der Waals surface area (Å²) in [6.07, 6.45) is -0.507. The van der Waals surface area contributed by atoms with Crippen molar-refractivity contribution in [3.8, 4) is 0 Å². The Morgan fingerprint density at radius 3 is 2.11 bits per heavy atom. The molecule has 0 radical (unpaired) electrons. The van der Waals surface area contributed by atoms with Gasteiger partial charge in [-0.1, -0.05) is 12.1 Å². The molecular weight excluding hydrogens is 240 g/mol. The molecule has 0 amide bonds. The van der Waals surface area contributed by atoms with Crippen LogP contribution < -0.4 is 0 Å². The van der Waals surface area contributed by atoms with E-state index in [1.807, 2.05) is 0 Å². The van der Waals surface area contributed by atoms with Crippen LogP contribution in [0.15, 0.2) is 24.3 Å². The fourth-order valence-electron chi connectivity index (χ4n) is 1.49. The molecule has 1 rings (SSSR count). The molecule has 2 N–H and O–H groups in total. The van der Waals surface area contributed by atoms with Crippen molar-refractivity contribution in [3.05, 3.63) is 35.4 Å². The lowest BCUT2D eigenvalue weighted by Gasteiger charge is -2.10. The van der Waals surface area contributed by atoms with E-state index in [1.165, 1.54) is 31.4 Å². The van der Waals surface area contributed by atoms with Gasteiger partial charge in [-0.3, -0.25) is 9.59 Å². The summed E-state index contributed by atoms with van der Waals surface area (Å²) in [7, 11) is 1.24. The topological polar surface area (TPSA) is 101 Å². The maximum absolute atomic E-state index is 11.2. The van der Waals surface area contributed by atoms with Crippen LogP contribution in [0, 0.1) is 0 Å². The number of rotatable bonds is 5. The van der Waals surface area contributed by atoms with Crippen molar-refractivity contribution in [1.82, 2.24) is 0 Å². The lowest BCUT2D eigenvalue weighted by molar-refractivity contribution is -0.145. The van der Waals surface area contributed by atoms with Gasteiger partial charge in [0, 0.05) is 0 Å². The van der Waals surface area contributed by atoms with E-state index in [-0.39, 0.29) is 5.56 Å². The van der Waals surface area contributed by atoms with Gasteiger partial charge in [0.05, 0.1) is 25.0 Å². The summed E-state index contributed by atoms with van der Waals surface area (Å²) in [5.74, 6) is -4.08. The van der Waals surface area contributed by atoms with Gasteiger partial charge in [0.25, 0.3) is 0 Å². The molecular formula is C12H12O6. The number of benzene rings is 1. The zero-order valence-corrected chi connectivity index (χ0v) is 9.62. The van der Waals surface area contributed by atoms with Gasteiger partial charge in [-0.2, -0.15) is 0 Å². The van der Waals surface area contributed by atoms with E-state index in [9.17, 15) is 14.4 Å². The minimum Gasteiger partial charge on any atom is -0.481 e. The van der Waals surface area contributed by atoms with Gasteiger partial charge >= 0.3 is 17.9 Å². The fraction of sp³-hybridized carbons (Fsp3) is 0.250. The fourth-order valence-corrected chi connectivity index (χ4v) is 1.49. The summed E-state index contributed by atoms with van der Waals surface area (Å²) in [5.41, 5.74) is 0.610. The third kappa shape index (κ3) is 3.31. The van der Waals surface area contributed by atoms with Gasteiger partial charge < -0.3 is 14.9 Å². The Kier molecular flexibility index (Phi) is 4.42. The van der Waals surface area contributed by atoms with E-state index < -0.39 is 30.2 Å². The number of carboxylic acid groups (broad SMARTS) is 2. The molecule has 0 saturated carbocycles. The van der Waals surface area contributed by atoms with Crippen LogP contribution >= 0.6 is 0 Å². The molecule has 1 aromatic carbocycles. The number of hydrogen-bond acceptors (Lipinski definition) is 4. The first-order valence-electron chi connectivity index (χ1n) is 5.08. The molecule has 0 bridgehead atoms. The van der Waals surface area contributed by atoms with Gasteiger partial charge in [-0.05, 0) is 17.7 Å². The highest BCUT2D eigenvalue weighted by atomic mass is 16.5. The highest BCUT2D eigenvalue weighted by Gasteiger charge is 2.23. The van der Waals surface area contributed by atoms with E-state index in [4.69, 9.17) is 10.2 Å².